The first-order valence-electron chi connectivity index (χ1n) is 5.47. The van der Waals surface area contributed by atoms with Gasteiger partial charge in [-0.15, -0.1) is 0 Å². The molecule has 0 spiro atoms. The number of hydrogen-bond donors (Lipinski definition) is 2. The highest BCUT2D eigenvalue weighted by atomic mass is 35.5. The van der Waals surface area contributed by atoms with Crippen molar-refractivity contribution in [1.82, 2.24) is 4.98 Å². The van der Waals surface area contributed by atoms with Crippen molar-refractivity contribution < 1.29 is 0 Å². The standard InChI is InChI=1S/C14H10Cl2N2/c15-10-3-1-2-8(4-10)13-6-9-5-11(16)7-12(17)14(9)18-13/h1-7,18H,17H2. The van der Waals surface area contributed by atoms with Crippen molar-refractivity contribution in [2.45, 2.75) is 0 Å². The van der Waals surface area contributed by atoms with Gasteiger partial charge in [0.25, 0.3) is 0 Å². The van der Waals surface area contributed by atoms with Gasteiger partial charge < -0.3 is 10.7 Å². The van der Waals surface area contributed by atoms with Crippen molar-refractivity contribution in [2.24, 2.45) is 0 Å². The van der Waals surface area contributed by atoms with Crippen LogP contribution in [0, 0.1) is 0 Å². The Morgan fingerprint density at radius 1 is 0.944 bits per heavy atom. The number of anilines is 1. The zero-order chi connectivity index (χ0) is 12.7. The molecule has 1 heterocycles. The van der Waals surface area contributed by atoms with Crippen LogP contribution in [0.4, 0.5) is 5.69 Å². The molecule has 3 aromatic rings. The van der Waals surface area contributed by atoms with Gasteiger partial charge in [-0.25, -0.2) is 0 Å². The molecular weight excluding hydrogens is 267 g/mol. The molecule has 0 aliphatic heterocycles. The molecular formula is C14H10Cl2N2. The molecule has 2 nitrogen and oxygen atoms in total. The SMILES string of the molecule is Nc1cc(Cl)cc2cc(-c3cccc(Cl)c3)[nH]c12. The first kappa shape index (κ1) is 11.5. The molecule has 1 aromatic heterocycles. The lowest BCUT2D eigenvalue weighted by Crippen LogP contribution is -1.86. The van der Waals surface area contributed by atoms with Crippen LogP contribution in [0.5, 0.6) is 0 Å². The number of H-pyrrole nitrogens is 1. The van der Waals surface area contributed by atoms with E-state index >= 15 is 0 Å². The van der Waals surface area contributed by atoms with E-state index in [1.54, 1.807) is 6.07 Å². The Bertz CT molecular complexity index is 732. The normalized spacial score (nSPS) is 11.0. The summed E-state index contributed by atoms with van der Waals surface area (Å²) in [5, 5.41) is 2.34. The van der Waals surface area contributed by atoms with Crippen molar-refractivity contribution in [2.75, 3.05) is 5.73 Å². The highest BCUT2D eigenvalue weighted by molar-refractivity contribution is 6.32. The predicted molar refractivity (Wildman–Crippen MR) is 78.2 cm³/mol. The van der Waals surface area contributed by atoms with Crippen LogP contribution >= 0.6 is 23.2 Å². The number of nitrogen functional groups attached to an aromatic ring is 1. The summed E-state index contributed by atoms with van der Waals surface area (Å²) < 4.78 is 0. The molecule has 0 aliphatic carbocycles. The maximum absolute atomic E-state index is 5.99. The first-order valence-corrected chi connectivity index (χ1v) is 6.23. The van der Waals surface area contributed by atoms with Crippen LogP contribution in [-0.4, -0.2) is 4.98 Å². The van der Waals surface area contributed by atoms with Crippen LogP contribution in [0.3, 0.4) is 0 Å². The fourth-order valence-electron chi connectivity index (χ4n) is 2.05. The van der Waals surface area contributed by atoms with Crippen molar-refractivity contribution in [3.63, 3.8) is 0 Å². The van der Waals surface area contributed by atoms with Crippen LogP contribution in [0.2, 0.25) is 10.0 Å². The van der Waals surface area contributed by atoms with E-state index in [0.29, 0.717) is 15.7 Å². The summed E-state index contributed by atoms with van der Waals surface area (Å²) in [5.74, 6) is 0. The largest absolute Gasteiger partial charge is 0.397 e. The molecule has 0 saturated carbocycles. The Kier molecular flexibility index (Phi) is 2.69. The number of nitrogens with two attached hydrogens (primary N) is 1. The van der Waals surface area contributed by atoms with Crippen LogP contribution in [0.15, 0.2) is 42.5 Å². The van der Waals surface area contributed by atoms with E-state index in [9.17, 15) is 0 Å². The third kappa shape index (κ3) is 1.94. The maximum atomic E-state index is 5.99. The second-order valence-electron chi connectivity index (χ2n) is 4.15. The Balaban J connectivity index is 2.22. The summed E-state index contributed by atoms with van der Waals surface area (Å²) in [6.45, 7) is 0. The van der Waals surface area contributed by atoms with Crippen molar-refractivity contribution >= 4 is 39.8 Å². The number of fused-ring (bicyclic) bond motifs is 1. The average molecular weight is 277 g/mol. The van der Waals surface area contributed by atoms with Gasteiger partial charge in [-0.2, -0.15) is 0 Å². The minimum atomic E-state index is 0.636. The maximum Gasteiger partial charge on any atom is 0.0693 e. The number of hydrogen-bond acceptors (Lipinski definition) is 1. The molecule has 0 saturated heterocycles. The minimum absolute atomic E-state index is 0.636. The summed E-state index contributed by atoms with van der Waals surface area (Å²) >= 11 is 12.0. The molecule has 4 heteroatoms. The van der Waals surface area contributed by atoms with Crippen LogP contribution in [0.25, 0.3) is 22.2 Å². The van der Waals surface area contributed by atoms with E-state index in [-0.39, 0.29) is 0 Å². The summed E-state index contributed by atoms with van der Waals surface area (Å²) in [6, 6.07) is 13.3. The Morgan fingerprint density at radius 3 is 2.56 bits per heavy atom. The van der Waals surface area contributed by atoms with E-state index in [1.807, 2.05) is 36.4 Å². The Hall–Kier alpha value is -1.64. The van der Waals surface area contributed by atoms with Gasteiger partial charge in [-0.1, -0.05) is 35.3 Å². The Morgan fingerprint density at radius 2 is 1.78 bits per heavy atom. The molecule has 18 heavy (non-hydrogen) atoms. The molecule has 90 valence electrons. The van der Waals surface area contributed by atoms with Gasteiger partial charge in [0.15, 0.2) is 0 Å². The topological polar surface area (TPSA) is 41.8 Å². The van der Waals surface area contributed by atoms with Gasteiger partial charge in [-0.05, 0) is 35.9 Å². The molecule has 0 radical (unpaired) electrons. The highest BCUT2D eigenvalue weighted by Crippen LogP contribution is 2.31. The third-order valence-electron chi connectivity index (χ3n) is 2.86. The molecule has 0 aliphatic rings. The molecule has 3 N–H and O–H groups in total. The molecule has 3 rings (SSSR count). The zero-order valence-corrected chi connectivity index (χ0v) is 10.9. The monoisotopic (exact) mass is 276 g/mol. The van der Waals surface area contributed by atoms with Crippen molar-refractivity contribution in [3.8, 4) is 11.3 Å². The van der Waals surface area contributed by atoms with Gasteiger partial charge >= 0.3 is 0 Å². The summed E-state index contributed by atoms with van der Waals surface area (Å²) in [5.41, 5.74) is 9.47. The van der Waals surface area contributed by atoms with Crippen molar-refractivity contribution in [1.29, 1.82) is 0 Å². The van der Waals surface area contributed by atoms with Gasteiger partial charge in [0.05, 0.1) is 11.2 Å². The number of rotatable bonds is 1. The fourth-order valence-corrected chi connectivity index (χ4v) is 2.47. The fraction of sp³-hybridized carbons (Fsp3) is 0. The number of halogens is 2. The number of benzene rings is 2. The predicted octanol–water partition coefficient (Wildman–Crippen LogP) is 4.72. The van der Waals surface area contributed by atoms with E-state index in [0.717, 1.165) is 22.2 Å². The first-order chi connectivity index (χ1) is 8.63. The lowest BCUT2D eigenvalue weighted by atomic mass is 10.1. The second kappa shape index (κ2) is 4.23. The smallest absolute Gasteiger partial charge is 0.0693 e. The van der Waals surface area contributed by atoms with E-state index in [4.69, 9.17) is 28.9 Å². The van der Waals surface area contributed by atoms with Crippen LogP contribution in [0.1, 0.15) is 0 Å². The second-order valence-corrected chi connectivity index (χ2v) is 5.03. The van der Waals surface area contributed by atoms with Crippen LogP contribution < -0.4 is 5.73 Å². The lowest BCUT2D eigenvalue weighted by Gasteiger charge is -1.98. The van der Waals surface area contributed by atoms with Gasteiger partial charge in [0.2, 0.25) is 0 Å². The summed E-state index contributed by atoms with van der Waals surface area (Å²) in [6.07, 6.45) is 0. The third-order valence-corrected chi connectivity index (χ3v) is 3.31. The van der Waals surface area contributed by atoms with Crippen LogP contribution in [-0.2, 0) is 0 Å². The summed E-state index contributed by atoms with van der Waals surface area (Å²) in [7, 11) is 0. The molecule has 0 fully saturated rings. The lowest BCUT2D eigenvalue weighted by molar-refractivity contribution is 1.45. The quantitative estimate of drug-likeness (QED) is 0.621. The van der Waals surface area contributed by atoms with E-state index < -0.39 is 0 Å². The van der Waals surface area contributed by atoms with E-state index in [2.05, 4.69) is 4.98 Å². The molecule has 2 aromatic carbocycles. The van der Waals surface area contributed by atoms with Crippen molar-refractivity contribution in [3.05, 3.63) is 52.5 Å². The zero-order valence-electron chi connectivity index (χ0n) is 9.37. The molecule has 0 atom stereocenters. The minimum Gasteiger partial charge on any atom is -0.397 e. The number of aromatic amines is 1. The average Bonchev–Trinajstić information content (AvgIpc) is 2.73. The van der Waals surface area contributed by atoms with Gasteiger partial charge in [0, 0.05) is 21.1 Å². The van der Waals surface area contributed by atoms with Gasteiger partial charge in [0.1, 0.15) is 0 Å². The summed E-state index contributed by atoms with van der Waals surface area (Å²) in [4.78, 5) is 3.29. The molecule has 0 amide bonds. The number of nitrogens with one attached hydrogen (secondary N) is 1. The highest BCUT2D eigenvalue weighted by Gasteiger charge is 2.07. The number of aromatic nitrogens is 1. The van der Waals surface area contributed by atoms with E-state index in [1.165, 1.54) is 0 Å². The molecule has 0 unspecified atom stereocenters. The van der Waals surface area contributed by atoms with Gasteiger partial charge in [-0.3, -0.25) is 0 Å². The molecule has 0 bridgehead atoms. The Labute approximate surface area is 114 Å².